The van der Waals surface area contributed by atoms with Crippen molar-refractivity contribution in [3.05, 3.63) is 42.6 Å². The second-order valence-electron chi connectivity index (χ2n) is 16.9. The molecule has 2 aromatic rings. The van der Waals surface area contributed by atoms with Gasteiger partial charge in [0.05, 0.1) is 17.9 Å². The first kappa shape index (κ1) is 43.0. The second kappa shape index (κ2) is 16.2. The van der Waals surface area contributed by atoms with Crippen molar-refractivity contribution in [2.45, 2.75) is 133 Å². The van der Waals surface area contributed by atoms with Crippen LogP contribution < -0.4 is 24.8 Å². The molecule has 1 saturated heterocycles. The van der Waals surface area contributed by atoms with E-state index in [-0.39, 0.29) is 37.3 Å². The lowest BCUT2D eigenvalue weighted by atomic mass is 9.88. The highest BCUT2D eigenvalue weighted by Crippen LogP contribution is 2.46. The number of allylic oxidation sites excluding steroid dienone is 1. The molecule has 4 aliphatic rings. The summed E-state index contributed by atoms with van der Waals surface area (Å²) in [4.78, 5) is 61.7. The van der Waals surface area contributed by atoms with Crippen LogP contribution in [0.2, 0.25) is 0 Å². The first-order valence-electron chi connectivity index (χ1n) is 19.7. The quantitative estimate of drug-likeness (QED) is 0.281. The maximum absolute atomic E-state index is 14.7. The third-order valence-electron chi connectivity index (χ3n) is 11.3. The van der Waals surface area contributed by atoms with Gasteiger partial charge in [0.1, 0.15) is 29.5 Å². The Morgan fingerprint density at radius 3 is 2.47 bits per heavy atom. The first-order valence-corrected chi connectivity index (χ1v) is 21.3. The fraction of sp³-hybridized carbons (Fsp3) is 0.625. The lowest BCUT2D eigenvalue weighted by molar-refractivity contribution is -0.244. The Bertz CT molecular complexity index is 2060. The van der Waals surface area contributed by atoms with Crippen LogP contribution in [0.4, 0.5) is 18.0 Å². The van der Waals surface area contributed by atoms with Crippen molar-refractivity contribution in [1.82, 2.24) is 25.2 Å². The summed E-state index contributed by atoms with van der Waals surface area (Å²) in [5.41, 5.74) is -4.51. The fourth-order valence-electron chi connectivity index (χ4n) is 7.67. The summed E-state index contributed by atoms with van der Waals surface area (Å²) in [5.74, 6) is -2.80. The summed E-state index contributed by atoms with van der Waals surface area (Å²) < 4.78 is 86.1. The molecule has 7 atom stereocenters. The van der Waals surface area contributed by atoms with Gasteiger partial charge in [0, 0.05) is 23.9 Å². The van der Waals surface area contributed by atoms with Gasteiger partial charge in [-0.3, -0.25) is 19.1 Å². The van der Waals surface area contributed by atoms with E-state index in [1.807, 2.05) is 32.9 Å². The number of nitrogens with one attached hydrogen (secondary N) is 3. The molecule has 0 spiro atoms. The van der Waals surface area contributed by atoms with Crippen LogP contribution in [-0.4, -0.2) is 95.5 Å². The summed E-state index contributed by atoms with van der Waals surface area (Å²) in [7, 11) is -3.98. The molecule has 0 bridgehead atoms. The number of sulfonamides is 1. The summed E-state index contributed by atoms with van der Waals surface area (Å²) in [6.45, 7) is 8.61. The average Bonchev–Trinajstić information content (AvgIpc) is 4.04. The zero-order valence-electron chi connectivity index (χ0n) is 33.4. The van der Waals surface area contributed by atoms with E-state index in [4.69, 9.17) is 14.2 Å². The molecule has 4 amide bonds. The number of hydrogen-bond donors (Lipinski definition) is 3. The normalized spacial score (nSPS) is 29.0. The summed E-state index contributed by atoms with van der Waals surface area (Å²) in [5, 5.41) is 5.85. The molecule has 18 heteroatoms. The highest BCUT2D eigenvalue weighted by molar-refractivity contribution is 7.91. The van der Waals surface area contributed by atoms with E-state index in [2.05, 4.69) is 20.3 Å². The Labute approximate surface area is 336 Å². The molecule has 3 heterocycles. The van der Waals surface area contributed by atoms with Crippen molar-refractivity contribution < 1.29 is 55.0 Å². The highest BCUT2D eigenvalue weighted by atomic mass is 32.2. The van der Waals surface area contributed by atoms with E-state index in [0.717, 1.165) is 5.39 Å². The number of carbonyl (C=O) groups excluding carboxylic acids is 4. The van der Waals surface area contributed by atoms with E-state index < -0.39 is 86.4 Å². The van der Waals surface area contributed by atoms with E-state index in [9.17, 15) is 40.8 Å². The third kappa shape index (κ3) is 9.47. The highest BCUT2D eigenvalue weighted by Gasteiger charge is 2.62. The number of halogens is 3. The monoisotopic (exact) mass is 835 g/mol. The Morgan fingerprint density at radius 1 is 1.07 bits per heavy atom. The molecule has 6 rings (SSSR count). The zero-order valence-corrected chi connectivity index (χ0v) is 34.2. The molecule has 1 aromatic carbocycles. The molecule has 3 N–H and O–H groups in total. The van der Waals surface area contributed by atoms with Crippen LogP contribution in [0.1, 0.15) is 86.5 Å². The number of alkyl carbamates (subject to hydrolysis) is 1. The van der Waals surface area contributed by atoms with Crippen molar-refractivity contribution in [3.63, 3.8) is 0 Å². The minimum Gasteiger partial charge on any atom is -0.491 e. The number of hydrogen-bond acceptors (Lipinski definition) is 10. The Balaban J connectivity index is 1.34. The second-order valence-corrected chi connectivity index (χ2v) is 18.9. The van der Waals surface area contributed by atoms with E-state index in [0.29, 0.717) is 57.1 Å². The van der Waals surface area contributed by atoms with Crippen LogP contribution in [0.25, 0.3) is 10.8 Å². The topological polar surface area (TPSA) is 182 Å². The van der Waals surface area contributed by atoms with Gasteiger partial charge in [0.2, 0.25) is 33.3 Å². The standard InChI is InChI=1S/C40H52F3N5O9S/c1-22(2)55-27-11-14-30-25(18-27)15-16-44-34(30)56-28-19-31-33(49)46-39(36(51)47-58(53,54)29-12-13-29)20-26(39)10-8-7-9-23(3)17-24(4)32(35(50)48(31)21-28)45-37(52)57-38(5,6)40(41,42)43/h8,10-11,14-16,18,22-24,26,28-29,31-32H,7,9,12-13,17,19-21H2,1-6H3,(H,45,52)(H,46,49)(H,47,51)/b10-8-/t23-,24+,26+,28+,31-,32-,39+/m0/s1. The van der Waals surface area contributed by atoms with Gasteiger partial charge in [-0.15, -0.1) is 0 Å². The molecule has 318 valence electrons. The van der Waals surface area contributed by atoms with E-state index >= 15 is 0 Å². The van der Waals surface area contributed by atoms with Gasteiger partial charge >= 0.3 is 12.3 Å². The lowest BCUT2D eigenvalue weighted by Gasteiger charge is -2.34. The average molecular weight is 836 g/mol. The van der Waals surface area contributed by atoms with Crippen LogP contribution in [0.3, 0.4) is 0 Å². The molecule has 14 nitrogen and oxygen atoms in total. The predicted octanol–water partition coefficient (Wildman–Crippen LogP) is 5.30. The van der Waals surface area contributed by atoms with Gasteiger partial charge in [0.15, 0.2) is 0 Å². The van der Waals surface area contributed by atoms with Crippen molar-refractivity contribution in [2.24, 2.45) is 17.8 Å². The Morgan fingerprint density at radius 2 is 1.79 bits per heavy atom. The number of nitrogens with zero attached hydrogens (tertiary/aromatic N) is 2. The van der Waals surface area contributed by atoms with Crippen molar-refractivity contribution in [3.8, 4) is 11.6 Å². The van der Waals surface area contributed by atoms with Crippen LogP contribution in [-0.2, 0) is 29.1 Å². The van der Waals surface area contributed by atoms with Crippen molar-refractivity contribution >= 4 is 44.6 Å². The van der Waals surface area contributed by atoms with Crippen LogP contribution >= 0.6 is 0 Å². The van der Waals surface area contributed by atoms with Gasteiger partial charge in [-0.1, -0.05) is 26.0 Å². The van der Waals surface area contributed by atoms with Crippen LogP contribution in [0.5, 0.6) is 11.6 Å². The molecular formula is C40H52F3N5O9S. The number of rotatable bonds is 9. The lowest BCUT2D eigenvalue weighted by Crippen LogP contribution is -2.59. The Hall–Kier alpha value is -4.61. The molecular weight excluding hydrogens is 784 g/mol. The van der Waals surface area contributed by atoms with E-state index in [1.165, 1.54) is 4.90 Å². The van der Waals surface area contributed by atoms with Crippen LogP contribution in [0.15, 0.2) is 42.6 Å². The zero-order chi connectivity index (χ0) is 42.4. The third-order valence-corrected chi connectivity index (χ3v) is 13.1. The summed E-state index contributed by atoms with van der Waals surface area (Å²) in [6.07, 6.45) is 0.254. The molecule has 2 aliphatic carbocycles. The summed E-state index contributed by atoms with van der Waals surface area (Å²) >= 11 is 0. The molecule has 58 heavy (non-hydrogen) atoms. The van der Waals surface area contributed by atoms with E-state index in [1.54, 1.807) is 37.4 Å². The molecule has 2 aliphatic heterocycles. The van der Waals surface area contributed by atoms with Gasteiger partial charge in [-0.2, -0.15) is 13.2 Å². The maximum atomic E-state index is 14.7. The number of fused-ring (bicyclic) bond motifs is 3. The van der Waals surface area contributed by atoms with Gasteiger partial charge in [-0.05, 0) is 108 Å². The summed E-state index contributed by atoms with van der Waals surface area (Å²) in [6, 6.07) is 4.40. The maximum Gasteiger partial charge on any atom is 0.427 e. The predicted molar refractivity (Wildman–Crippen MR) is 206 cm³/mol. The number of amides is 4. The van der Waals surface area contributed by atoms with Gasteiger partial charge in [0.25, 0.3) is 5.91 Å². The number of aromatic nitrogens is 1. The molecule has 2 saturated carbocycles. The number of ether oxygens (including phenoxy) is 3. The van der Waals surface area contributed by atoms with Gasteiger partial charge < -0.3 is 29.7 Å². The first-order chi connectivity index (χ1) is 27.1. The largest absolute Gasteiger partial charge is 0.491 e. The molecule has 1 aromatic heterocycles. The number of alkyl halides is 3. The smallest absolute Gasteiger partial charge is 0.427 e. The van der Waals surface area contributed by atoms with Crippen molar-refractivity contribution in [1.29, 1.82) is 0 Å². The number of benzene rings is 1. The van der Waals surface area contributed by atoms with Gasteiger partial charge in [-0.25, -0.2) is 18.2 Å². The minimum absolute atomic E-state index is 0.0328. The molecule has 0 unspecified atom stereocenters. The molecule has 0 radical (unpaired) electrons. The molecule has 3 fully saturated rings. The Kier molecular flexibility index (Phi) is 12.0. The minimum atomic E-state index is -4.91. The van der Waals surface area contributed by atoms with Crippen LogP contribution in [0, 0.1) is 17.8 Å². The SMILES string of the molecule is CC(C)Oc1ccc2c(O[C@@H]3C[C@H]4C(=O)N[C@]5(C(=O)NS(=O)(=O)C6CC6)C[C@H]5/C=C\CC[C@H](C)C[C@@H](C)[C@H](NC(=O)OC(C)(C)C(F)(F)F)C(=O)N4C3)nccc2c1. The van der Waals surface area contributed by atoms with Crippen molar-refractivity contribution in [2.75, 3.05) is 6.54 Å². The fourth-order valence-corrected chi connectivity index (χ4v) is 9.03. The number of carbonyl (C=O) groups is 4. The number of pyridine rings is 1.